The zero-order chi connectivity index (χ0) is 13.0. The largest absolute Gasteiger partial charge is 0.496 e. The van der Waals surface area contributed by atoms with Gasteiger partial charge in [-0.15, -0.1) is 0 Å². The number of hydrogen-bond donors (Lipinski definition) is 1. The van der Waals surface area contributed by atoms with Crippen LogP contribution in [0.2, 0.25) is 0 Å². The van der Waals surface area contributed by atoms with Gasteiger partial charge in [-0.05, 0) is 20.0 Å². The molecule has 0 spiro atoms. The highest BCUT2D eigenvalue weighted by Crippen LogP contribution is 2.29. The van der Waals surface area contributed by atoms with E-state index < -0.39 is 0 Å². The van der Waals surface area contributed by atoms with Crippen molar-refractivity contribution in [1.82, 2.24) is 15.3 Å². The minimum Gasteiger partial charge on any atom is -0.496 e. The van der Waals surface area contributed by atoms with Crippen LogP contribution in [0.4, 0.5) is 0 Å². The molecular formula is C14H17N3O. The van der Waals surface area contributed by atoms with Crippen LogP contribution in [0.1, 0.15) is 22.9 Å². The summed E-state index contributed by atoms with van der Waals surface area (Å²) in [5, 5.41) is 3.25. The van der Waals surface area contributed by atoms with Crippen LogP contribution >= 0.6 is 0 Å². The summed E-state index contributed by atoms with van der Waals surface area (Å²) in [4.78, 5) is 8.46. The smallest absolute Gasteiger partial charge is 0.124 e. The SMILES string of the molecule is CNC(c1cnccn1)c1cc(C)ccc1OC. The Hall–Kier alpha value is -1.94. The van der Waals surface area contributed by atoms with Crippen LogP contribution in [-0.4, -0.2) is 24.1 Å². The Balaban J connectivity index is 2.48. The average molecular weight is 243 g/mol. The van der Waals surface area contributed by atoms with Crippen LogP contribution in [0.25, 0.3) is 0 Å². The minimum atomic E-state index is -0.0199. The minimum absolute atomic E-state index is 0.0199. The van der Waals surface area contributed by atoms with E-state index in [4.69, 9.17) is 4.74 Å². The molecule has 0 aliphatic rings. The van der Waals surface area contributed by atoms with Crippen LogP contribution in [0, 0.1) is 6.92 Å². The lowest BCUT2D eigenvalue weighted by Crippen LogP contribution is -2.19. The van der Waals surface area contributed by atoms with Gasteiger partial charge in [0.1, 0.15) is 5.75 Å². The van der Waals surface area contributed by atoms with Gasteiger partial charge in [-0.1, -0.05) is 17.7 Å². The summed E-state index contributed by atoms with van der Waals surface area (Å²) in [6, 6.07) is 6.10. The molecule has 4 heteroatoms. The molecule has 0 aliphatic carbocycles. The monoisotopic (exact) mass is 243 g/mol. The maximum atomic E-state index is 5.42. The maximum Gasteiger partial charge on any atom is 0.124 e. The predicted molar refractivity (Wildman–Crippen MR) is 70.7 cm³/mol. The maximum absolute atomic E-state index is 5.42. The van der Waals surface area contributed by atoms with E-state index >= 15 is 0 Å². The van der Waals surface area contributed by atoms with Gasteiger partial charge in [0.05, 0.1) is 25.0 Å². The van der Waals surface area contributed by atoms with Crippen LogP contribution in [-0.2, 0) is 0 Å². The van der Waals surface area contributed by atoms with E-state index in [0.29, 0.717) is 0 Å². The van der Waals surface area contributed by atoms with Crippen molar-refractivity contribution in [2.45, 2.75) is 13.0 Å². The molecule has 1 N–H and O–H groups in total. The molecule has 0 fully saturated rings. The van der Waals surface area contributed by atoms with Crippen molar-refractivity contribution in [2.75, 3.05) is 14.2 Å². The van der Waals surface area contributed by atoms with Gasteiger partial charge in [0.15, 0.2) is 0 Å². The molecule has 0 saturated carbocycles. The van der Waals surface area contributed by atoms with E-state index in [2.05, 4.69) is 28.3 Å². The molecule has 94 valence electrons. The van der Waals surface area contributed by atoms with E-state index in [1.165, 1.54) is 5.56 Å². The molecule has 1 unspecified atom stereocenters. The van der Waals surface area contributed by atoms with Crippen molar-refractivity contribution < 1.29 is 4.74 Å². The summed E-state index contributed by atoms with van der Waals surface area (Å²) < 4.78 is 5.42. The van der Waals surface area contributed by atoms with Gasteiger partial charge in [-0.25, -0.2) is 0 Å². The van der Waals surface area contributed by atoms with Gasteiger partial charge in [0, 0.05) is 18.0 Å². The fraction of sp³-hybridized carbons (Fsp3) is 0.286. The quantitative estimate of drug-likeness (QED) is 0.893. The Morgan fingerprint density at radius 2 is 2.11 bits per heavy atom. The van der Waals surface area contributed by atoms with Crippen LogP contribution in [0.5, 0.6) is 5.75 Å². The Morgan fingerprint density at radius 1 is 1.28 bits per heavy atom. The first-order valence-corrected chi connectivity index (χ1v) is 5.84. The molecule has 2 aromatic rings. The average Bonchev–Trinajstić information content (AvgIpc) is 2.41. The first kappa shape index (κ1) is 12.5. The summed E-state index contributed by atoms with van der Waals surface area (Å²) in [6.45, 7) is 2.06. The van der Waals surface area contributed by atoms with Crippen LogP contribution in [0.15, 0.2) is 36.8 Å². The zero-order valence-corrected chi connectivity index (χ0v) is 10.8. The fourth-order valence-corrected chi connectivity index (χ4v) is 2.00. The number of nitrogens with one attached hydrogen (secondary N) is 1. The van der Waals surface area contributed by atoms with Crippen molar-refractivity contribution >= 4 is 0 Å². The van der Waals surface area contributed by atoms with E-state index in [9.17, 15) is 0 Å². The number of nitrogens with zero attached hydrogens (tertiary/aromatic N) is 2. The second-order valence-electron chi connectivity index (χ2n) is 4.10. The van der Waals surface area contributed by atoms with E-state index in [-0.39, 0.29) is 6.04 Å². The molecule has 18 heavy (non-hydrogen) atoms. The third kappa shape index (κ3) is 2.49. The Labute approximate surface area is 107 Å². The lowest BCUT2D eigenvalue weighted by Gasteiger charge is -2.19. The van der Waals surface area contributed by atoms with Gasteiger partial charge < -0.3 is 10.1 Å². The summed E-state index contributed by atoms with van der Waals surface area (Å²) in [5.74, 6) is 0.852. The molecule has 2 rings (SSSR count). The summed E-state index contributed by atoms with van der Waals surface area (Å²) in [6.07, 6.45) is 5.13. The molecule has 1 atom stereocenters. The van der Waals surface area contributed by atoms with Crippen molar-refractivity contribution in [3.8, 4) is 5.75 Å². The lowest BCUT2D eigenvalue weighted by molar-refractivity contribution is 0.404. The van der Waals surface area contributed by atoms with E-state index in [1.807, 2.05) is 19.2 Å². The number of benzene rings is 1. The summed E-state index contributed by atoms with van der Waals surface area (Å²) in [5.41, 5.74) is 3.14. The van der Waals surface area contributed by atoms with Crippen LogP contribution in [0.3, 0.4) is 0 Å². The second-order valence-corrected chi connectivity index (χ2v) is 4.10. The number of rotatable bonds is 4. The Morgan fingerprint density at radius 3 is 2.72 bits per heavy atom. The highest BCUT2D eigenvalue weighted by atomic mass is 16.5. The lowest BCUT2D eigenvalue weighted by atomic mass is 10.0. The number of methoxy groups -OCH3 is 1. The second kappa shape index (κ2) is 5.60. The van der Waals surface area contributed by atoms with Gasteiger partial charge in [0.2, 0.25) is 0 Å². The molecule has 0 saturated heterocycles. The van der Waals surface area contributed by atoms with E-state index in [1.54, 1.807) is 25.7 Å². The third-order valence-corrected chi connectivity index (χ3v) is 2.86. The Kier molecular flexibility index (Phi) is 3.89. The van der Waals surface area contributed by atoms with Gasteiger partial charge in [0.25, 0.3) is 0 Å². The molecule has 1 aromatic carbocycles. The molecular weight excluding hydrogens is 226 g/mol. The fourth-order valence-electron chi connectivity index (χ4n) is 2.00. The highest BCUT2D eigenvalue weighted by molar-refractivity contribution is 5.42. The topological polar surface area (TPSA) is 47.0 Å². The summed E-state index contributed by atoms with van der Waals surface area (Å²) in [7, 11) is 3.58. The molecule has 1 aromatic heterocycles. The molecule has 1 heterocycles. The molecule has 0 radical (unpaired) electrons. The predicted octanol–water partition coefficient (Wildman–Crippen LogP) is 2.10. The van der Waals surface area contributed by atoms with Crippen molar-refractivity contribution in [2.24, 2.45) is 0 Å². The summed E-state index contributed by atoms with van der Waals surface area (Å²) >= 11 is 0. The standard InChI is InChI=1S/C14H17N3O/c1-10-4-5-13(18-3)11(8-10)14(15-2)12-9-16-6-7-17-12/h4-9,14-15H,1-3H3. The van der Waals surface area contributed by atoms with Crippen LogP contribution < -0.4 is 10.1 Å². The molecule has 0 bridgehead atoms. The number of aromatic nitrogens is 2. The van der Waals surface area contributed by atoms with Crippen molar-refractivity contribution in [1.29, 1.82) is 0 Å². The first-order valence-electron chi connectivity index (χ1n) is 5.84. The van der Waals surface area contributed by atoms with Crippen molar-refractivity contribution in [3.63, 3.8) is 0 Å². The molecule has 4 nitrogen and oxygen atoms in total. The highest BCUT2D eigenvalue weighted by Gasteiger charge is 2.17. The number of hydrogen-bond acceptors (Lipinski definition) is 4. The van der Waals surface area contributed by atoms with Gasteiger partial charge in [-0.2, -0.15) is 0 Å². The molecule has 0 aliphatic heterocycles. The third-order valence-electron chi connectivity index (χ3n) is 2.86. The van der Waals surface area contributed by atoms with Gasteiger partial charge >= 0.3 is 0 Å². The zero-order valence-electron chi connectivity index (χ0n) is 10.8. The number of ether oxygens (including phenoxy) is 1. The first-order chi connectivity index (χ1) is 8.76. The Bertz CT molecular complexity index is 514. The van der Waals surface area contributed by atoms with Crippen molar-refractivity contribution in [3.05, 3.63) is 53.6 Å². The number of aryl methyl sites for hydroxylation is 1. The van der Waals surface area contributed by atoms with E-state index in [0.717, 1.165) is 17.0 Å². The normalized spacial score (nSPS) is 12.2. The molecule has 0 amide bonds. The van der Waals surface area contributed by atoms with Gasteiger partial charge in [-0.3, -0.25) is 9.97 Å².